The number of halogens is 1. The second-order valence-corrected chi connectivity index (χ2v) is 6.12. The van der Waals surface area contributed by atoms with Crippen molar-refractivity contribution in [1.82, 2.24) is 10.6 Å². The highest BCUT2D eigenvalue weighted by molar-refractivity contribution is 5.73. The molecule has 0 atom stereocenters. The van der Waals surface area contributed by atoms with Crippen LogP contribution in [0.1, 0.15) is 24.2 Å². The Hall–Kier alpha value is -2.54. The molecule has 0 spiro atoms. The van der Waals surface area contributed by atoms with Gasteiger partial charge in [-0.3, -0.25) is 0 Å². The fourth-order valence-electron chi connectivity index (χ4n) is 2.85. The Balaban J connectivity index is 1.49. The minimum absolute atomic E-state index is 0.236. The molecule has 6 nitrogen and oxygen atoms in total. The molecule has 2 heterocycles. The maximum absolute atomic E-state index is 14.3. The number of carbonyl (C=O) groups excluding carboxylic acids is 1. The van der Waals surface area contributed by atoms with Crippen LogP contribution in [-0.4, -0.2) is 30.3 Å². The van der Waals surface area contributed by atoms with Crippen LogP contribution in [0.2, 0.25) is 0 Å². The van der Waals surface area contributed by atoms with Gasteiger partial charge in [-0.15, -0.1) is 0 Å². The molecule has 7 heteroatoms. The van der Waals surface area contributed by atoms with E-state index in [4.69, 9.17) is 4.42 Å². The number of urea groups is 1. The van der Waals surface area contributed by atoms with Crippen molar-refractivity contribution in [1.29, 1.82) is 0 Å². The Bertz CT molecular complexity index is 698. The highest BCUT2D eigenvalue weighted by Crippen LogP contribution is 2.24. The summed E-state index contributed by atoms with van der Waals surface area (Å²) in [6.45, 7) is 1.82. The standard InChI is InChI=1S/C18H22FN3O3/c19-16-10-13(3-4-17(16)22-7-5-14(23)6-8-22)11-20-18(24)21-12-15-2-1-9-25-15/h1-4,9-10,14,23H,5-8,11-12H2,(H2,20,21,24). The predicted octanol–water partition coefficient (Wildman–Crippen LogP) is 2.38. The number of aliphatic hydroxyl groups is 1. The summed E-state index contributed by atoms with van der Waals surface area (Å²) in [5.74, 6) is 0.351. The van der Waals surface area contributed by atoms with Crippen molar-refractivity contribution in [3.8, 4) is 0 Å². The van der Waals surface area contributed by atoms with Gasteiger partial charge in [0, 0.05) is 19.6 Å². The third kappa shape index (κ3) is 4.73. The highest BCUT2D eigenvalue weighted by atomic mass is 19.1. The lowest BCUT2D eigenvalue weighted by molar-refractivity contribution is 0.145. The normalized spacial score (nSPS) is 15.2. The molecular formula is C18H22FN3O3. The molecule has 3 rings (SSSR count). The van der Waals surface area contributed by atoms with E-state index in [2.05, 4.69) is 10.6 Å². The molecule has 1 aromatic heterocycles. The van der Waals surface area contributed by atoms with Crippen LogP contribution in [0.3, 0.4) is 0 Å². The number of nitrogens with one attached hydrogen (secondary N) is 2. The Kier molecular flexibility index (Phi) is 5.55. The number of aliphatic hydroxyl groups excluding tert-OH is 1. The van der Waals surface area contributed by atoms with Gasteiger partial charge < -0.3 is 25.1 Å². The number of hydrogen-bond acceptors (Lipinski definition) is 4. The van der Waals surface area contributed by atoms with Gasteiger partial charge in [0.2, 0.25) is 0 Å². The van der Waals surface area contributed by atoms with Gasteiger partial charge in [-0.05, 0) is 42.7 Å². The lowest BCUT2D eigenvalue weighted by atomic mass is 10.1. The third-order valence-electron chi connectivity index (χ3n) is 4.27. The van der Waals surface area contributed by atoms with E-state index in [0.717, 1.165) is 0 Å². The maximum atomic E-state index is 14.3. The fourth-order valence-corrected chi connectivity index (χ4v) is 2.85. The first-order valence-electron chi connectivity index (χ1n) is 8.37. The summed E-state index contributed by atoms with van der Waals surface area (Å²) in [5, 5.41) is 14.9. The van der Waals surface area contributed by atoms with Crippen LogP contribution in [-0.2, 0) is 13.1 Å². The van der Waals surface area contributed by atoms with E-state index in [-0.39, 0.29) is 24.5 Å². The number of carbonyl (C=O) groups is 1. The topological polar surface area (TPSA) is 77.7 Å². The summed E-state index contributed by atoms with van der Waals surface area (Å²) in [6.07, 6.45) is 2.56. The quantitative estimate of drug-likeness (QED) is 0.776. The molecule has 134 valence electrons. The van der Waals surface area contributed by atoms with Crippen LogP contribution >= 0.6 is 0 Å². The molecule has 0 radical (unpaired) electrons. The number of benzene rings is 1. The summed E-state index contributed by atoms with van der Waals surface area (Å²) in [7, 11) is 0. The molecule has 2 amide bonds. The van der Waals surface area contributed by atoms with Gasteiger partial charge in [-0.1, -0.05) is 6.07 Å². The Labute approximate surface area is 145 Å². The molecule has 1 saturated heterocycles. The first-order valence-corrected chi connectivity index (χ1v) is 8.37. The van der Waals surface area contributed by atoms with Crippen molar-refractivity contribution >= 4 is 11.7 Å². The number of hydrogen-bond donors (Lipinski definition) is 3. The van der Waals surface area contributed by atoms with Crippen molar-refractivity contribution in [3.63, 3.8) is 0 Å². The monoisotopic (exact) mass is 347 g/mol. The predicted molar refractivity (Wildman–Crippen MR) is 91.6 cm³/mol. The van der Waals surface area contributed by atoms with E-state index in [1.165, 1.54) is 6.07 Å². The largest absolute Gasteiger partial charge is 0.467 e. The molecule has 1 aliphatic rings. The lowest BCUT2D eigenvalue weighted by Gasteiger charge is -2.31. The molecule has 0 unspecified atom stereocenters. The van der Waals surface area contributed by atoms with Gasteiger partial charge >= 0.3 is 6.03 Å². The van der Waals surface area contributed by atoms with E-state index in [0.29, 0.717) is 49.5 Å². The summed E-state index contributed by atoms with van der Waals surface area (Å²) in [6, 6.07) is 8.15. The molecule has 1 aromatic carbocycles. The SMILES string of the molecule is O=C(NCc1ccc(N2CCC(O)CC2)c(F)c1)NCc1ccco1. The molecular weight excluding hydrogens is 325 g/mol. The zero-order valence-corrected chi connectivity index (χ0v) is 13.9. The van der Waals surface area contributed by atoms with Crippen molar-refractivity contribution in [2.45, 2.75) is 32.0 Å². The zero-order valence-electron chi connectivity index (χ0n) is 13.9. The molecule has 1 fully saturated rings. The molecule has 1 aliphatic heterocycles. The molecule has 3 N–H and O–H groups in total. The van der Waals surface area contributed by atoms with Crippen LogP contribution in [0, 0.1) is 5.82 Å². The lowest BCUT2D eigenvalue weighted by Crippen LogP contribution is -2.36. The second kappa shape index (κ2) is 8.02. The van der Waals surface area contributed by atoms with Crippen LogP contribution in [0.25, 0.3) is 0 Å². The van der Waals surface area contributed by atoms with Gasteiger partial charge in [0.1, 0.15) is 11.6 Å². The molecule has 2 aromatic rings. The highest BCUT2D eigenvalue weighted by Gasteiger charge is 2.19. The van der Waals surface area contributed by atoms with Gasteiger partial charge in [-0.2, -0.15) is 0 Å². The van der Waals surface area contributed by atoms with Crippen LogP contribution in [0.15, 0.2) is 41.0 Å². The van der Waals surface area contributed by atoms with E-state index < -0.39 is 0 Å². The van der Waals surface area contributed by atoms with Crippen LogP contribution in [0.5, 0.6) is 0 Å². The summed E-state index contributed by atoms with van der Waals surface area (Å²) >= 11 is 0. The summed E-state index contributed by atoms with van der Waals surface area (Å²) in [4.78, 5) is 13.7. The third-order valence-corrected chi connectivity index (χ3v) is 4.27. The van der Waals surface area contributed by atoms with Gasteiger partial charge in [0.15, 0.2) is 0 Å². The summed E-state index contributed by atoms with van der Waals surface area (Å²) in [5.41, 5.74) is 1.23. The second-order valence-electron chi connectivity index (χ2n) is 6.12. The average molecular weight is 347 g/mol. The molecule has 0 aliphatic carbocycles. The maximum Gasteiger partial charge on any atom is 0.315 e. The van der Waals surface area contributed by atoms with E-state index >= 15 is 0 Å². The van der Waals surface area contributed by atoms with E-state index in [1.807, 2.05) is 4.90 Å². The minimum atomic E-state index is -0.342. The number of amides is 2. The Morgan fingerprint density at radius 1 is 1.24 bits per heavy atom. The fraction of sp³-hybridized carbons (Fsp3) is 0.389. The van der Waals surface area contributed by atoms with Crippen LogP contribution < -0.4 is 15.5 Å². The van der Waals surface area contributed by atoms with Crippen molar-refractivity contribution < 1.29 is 18.7 Å². The number of nitrogens with zero attached hydrogens (tertiary/aromatic N) is 1. The summed E-state index contributed by atoms with van der Waals surface area (Å²) < 4.78 is 19.5. The van der Waals surface area contributed by atoms with Crippen molar-refractivity contribution in [2.75, 3.05) is 18.0 Å². The van der Waals surface area contributed by atoms with Gasteiger partial charge in [-0.25, -0.2) is 9.18 Å². The minimum Gasteiger partial charge on any atom is -0.467 e. The first kappa shape index (κ1) is 17.3. The van der Waals surface area contributed by atoms with E-state index in [1.54, 1.807) is 30.5 Å². The Morgan fingerprint density at radius 3 is 2.68 bits per heavy atom. The van der Waals surface area contributed by atoms with Crippen molar-refractivity contribution in [2.24, 2.45) is 0 Å². The first-order chi connectivity index (χ1) is 12.1. The number of rotatable bonds is 5. The molecule has 25 heavy (non-hydrogen) atoms. The van der Waals surface area contributed by atoms with Gasteiger partial charge in [0.05, 0.1) is 24.6 Å². The number of piperidine rings is 1. The zero-order chi connectivity index (χ0) is 17.6. The Morgan fingerprint density at radius 2 is 2.00 bits per heavy atom. The smallest absolute Gasteiger partial charge is 0.315 e. The number of anilines is 1. The average Bonchev–Trinajstić information content (AvgIpc) is 3.13. The van der Waals surface area contributed by atoms with Crippen LogP contribution in [0.4, 0.5) is 14.9 Å². The van der Waals surface area contributed by atoms with E-state index in [9.17, 15) is 14.3 Å². The number of furan rings is 1. The molecule has 0 saturated carbocycles. The van der Waals surface area contributed by atoms with Crippen molar-refractivity contribution in [3.05, 3.63) is 53.7 Å². The molecule has 0 bridgehead atoms. The van der Waals surface area contributed by atoms with Gasteiger partial charge in [0.25, 0.3) is 0 Å².